The fourth-order valence-corrected chi connectivity index (χ4v) is 3.33. The van der Waals surface area contributed by atoms with Crippen LogP contribution in [0.5, 0.6) is 0 Å². The van der Waals surface area contributed by atoms with Crippen LogP contribution in [-0.4, -0.2) is 45.0 Å². The number of aromatic amines is 1. The first-order valence-corrected chi connectivity index (χ1v) is 6.93. The highest BCUT2D eigenvalue weighted by molar-refractivity contribution is 6.03. The van der Waals surface area contributed by atoms with E-state index in [9.17, 15) is 14.4 Å². The largest absolute Gasteiger partial charge is 0.341 e. The molecule has 112 valence electrons. The Morgan fingerprint density at radius 2 is 2.19 bits per heavy atom. The second-order valence-electron chi connectivity index (χ2n) is 5.44. The monoisotopic (exact) mass is 291 g/mol. The number of carbonyl (C=O) groups is 3. The molecule has 0 saturated carbocycles. The minimum Gasteiger partial charge on any atom is -0.341 e. The van der Waals surface area contributed by atoms with Gasteiger partial charge in [0.15, 0.2) is 0 Å². The molecule has 0 spiro atoms. The van der Waals surface area contributed by atoms with Gasteiger partial charge in [-0.15, -0.1) is 0 Å². The Morgan fingerprint density at radius 3 is 2.81 bits per heavy atom. The minimum atomic E-state index is -0.746. The zero-order chi connectivity index (χ0) is 15.2. The van der Waals surface area contributed by atoms with Crippen LogP contribution in [0.4, 0.5) is 4.79 Å². The van der Waals surface area contributed by atoms with Crippen LogP contribution >= 0.6 is 0 Å². The first kappa shape index (κ1) is 13.6. The molecule has 3 N–H and O–H groups in total. The van der Waals surface area contributed by atoms with Crippen LogP contribution in [0.3, 0.4) is 0 Å². The number of nitrogens with zero attached hydrogens (tertiary/aromatic N) is 2. The summed E-state index contributed by atoms with van der Waals surface area (Å²) in [7, 11) is 0. The Morgan fingerprint density at radius 1 is 1.43 bits per heavy atom. The van der Waals surface area contributed by atoms with Gasteiger partial charge in [0.25, 0.3) is 0 Å². The van der Waals surface area contributed by atoms with Gasteiger partial charge in [0.2, 0.25) is 11.8 Å². The zero-order valence-corrected chi connectivity index (χ0v) is 11.8. The van der Waals surface area contributed by atoms with Gasteiger partial charge in [0.1, 0.15) is 11.6 Å². The van der Waals surface area contributed by atoms with Gasteiger partial charge in [0.05, 0.1) is 18.2 Å². The summed E-state index contributed by atoms with van der Waals surface area (Å²) in [5.41, 5.74) is 0.0101. The van der Waals surface area contributed by atoms with Crippen LogP contribution in [0.1, 0.15) is 32.4 Å². The Bertz CT molecular complexity index is 599. The molecule has 2 fully saturated rings. The number of H-pyrrole nitrogens is 1. The molecule has 1 aromatic rings. The lowest BCUT2D eigenvalue weighted by atomic mass is 9.79. The molecule has 0 aromatic carbocycles. The normalized spacial score (nSPS) is 32.5. The molecule has 8 heteroatoms. The highest BCUT2D eigenvalue weighted by Gasteiger charge is 2.54. The third-order valence-corrected chi connectivity index (χ3v) is 4.51. The van der Waals surface area contributed by atoms with Crippen molar-refractivity contribution in [2.75, 3.05) is 0 Å². The minimum absolute atomic E-state index is 0.00924. The SMILES string of the molecule is CCC1(c2ccn[nH]2)NC(=O)C2CC(=O)NC(=O)N2C1C. The lowest BCUT2D eigenvalue weighted by Gasteiger charge is -2.52. The lowest BCUT2D eigenvalue weighted by molar-refractivity contribution is -0.141. The number of hydrogen-bond donors (Lipinski definition) is 3. The van der Waals surface area contributed by atoms with Gasteiger partial charge in [-0.05, 0) is 19.4 Å². The van der Waals surface area contributed by atoms with E-state index in [2.05, 4.69) is 20.8 Å². The topological polar surface area (TPSA) is 107 Å². The van der Waals surface area contributed by atoms with Gasteiger partial charge in [-0.1, -0.05) is 6.92 Å². The molecule has 3 heterocycles. The molecule has 3 unspecified atom stereocenters. The van der Waals surface area contributed by atoms with Crippen LogP contribution in [0.25, 0.3) is 0 Å². The molecule has 1 aromatic heterocycles. The van der Waals surface area contributed by atoms with Crippen molar-refractivity contribution in [2.45, 2.75) is 44.3 Å². The predicted molar refractivity (Wildman–Crippen MR) is 71.9 cm³/mol. The fraction of sp³-hybridized carbons (Fsp3) is 0.538. The van der Waals surface area contributed by atoms with Gasteiger partial charge in [0, 0.05) is 6.20 Å². The maximum Gasteiger partial charge on any atom is 0.325 e. The Labute approximate surface area is 121 Å². The van der Waals surface area contributed by atoms with Crippen molar-refractivity contribution in [1.29, 1.82) is 0 Å². The van der Waals surface area contributed by atoms with E-state index in [-0.39, 0.29) is 18.4 Å². The van der Waals surface area contributed by atoms with Gasteiger partial charge < -0.3 is 10.2 Å². The van der Waals surface area contributed by atoms with Crippen molar-refractivity contribution >= 4 is 17.8 Å². The Kier molecular flexibility index (Phi) is 2.96. The summed E-state index contributed by atoms with van der Waals surface area (Å²) < 4.78 is 0. The van der Waals surface area contributed by atoms with E-state index in [0.717, 1.165) is 5.69 Å². The summed E-state index contributed by atoms with van der Waals surface area (Å²) in [4.78, 5) is 37.5. The van der Waals surface area contributed by atoms with E-state index in [4.69, 9.17) is 0 Å². The molecule has 3 rings (SSSR count). The van der Waals surface area contributed by atoms with Crippen molar-refractivity contribution < 1.29 is 14.4 Å². The second kappa shape index (κ2) is 4.57. The number of urea groups is 1. The third kappa shape index (κ3) is 1.82. The molecule has 2 aliphatic rings. The van der Waals surface area contributed by atoms with Crippen LogP contribution < -0.4 is 10.6 Å². The summed E-state index contributed by atoms with van der Waals surface area (Å²) in [6.07, 6.45) is 2.19. The van der Waals surface area contributed by atoms with Crippen molar-refractivity contribution in [3.63, 3.8) is 0 Å². The standard InChI is InChI=1S/C13H17N5O3/c1-3-13(9-4-5-14-17-9)7(2)18-8(11(20)16-13)6-10(19)15-12(18)21/h4-5,7-8H,3,6H2,1-2H3,(H,14,17)(H,16,20)(H,15,19,21). The van der Waals surface area contributed by atoms with Crippen molar-refractivity contribution in [3.8, 4) is 0 Å². The van der Waals surface area contributed by atoms with Gasteiger partial charge in [-0.2, -0.15) is 5.10 Å². The molecule has 2 aliphatic heterocycles. The number of imide groups is 1. The van der Waals surface area contributed by atoms with Crippen LogP contribution in [-0.2, 0) is 15.1 Å². The second-order valence-corrected chi connectivity index (χ2v) is 5.44. The number of aromatic nitrogens is 2. The molecule has 21 heavy (non-hydrogen) atoms. The molecular weight excluding hydrogens is 274 g/mol. The van der Waals surface area contributed by atoms with Crippen molar-refractivity contribution in [1.82, 2.24) is 25.7 Å². The molecule has 0 radical (unpaired) electrons. The predicted octanol–water partition coefficient (Wildman–Crippen LogP) is -0.156. The average molecular weight is 291 g/mol. The first-order chi connectivity index (χ1) is 9.99. The molecular formula is C13H17N5O3. The van der Waals surface area contributed by atoms with Gasteiger partial charge in [-0.3, -0.25) is 20.0 Å². The number of fused-ring (bicyclic) bond motifs is 1. The number of nitrogens with one attached hydrogen (secondary N) is 3. The fourth-order valence-electron chi connectivity index (χ4n) is 3.33. The summed E-state index contributed by atoms with van der Waals surface area (Å²) >= 11 is 0. The molecule has 3 atom stereocenters. The van der Waals surface area contributed by atoms with Gasteiger partial charge in [-0.25, -0.2) is 4.79 Å². The van der Waals surface area contributed by atoms with Crippen molar-refractivity contribution in [2.24, 2.45) is 0 Å². The first-order valence-electron chi connectivity index (χ1n) is 6.93. The number of rotatable bonds is 2. The summed E-state index contributed by atoms with van der Waals surface area (Å²) in [6.45, 7) is 3.80. The quantitative estimate of drug-likeness (QED) is 0.704. The number of hydrogen-bond acceptors (Lipinski definition) is 4. The van der Waals surface area contributed by atoms with Crippen molar-refractivity contribution in [3.05, 3.63) is 18.0 Å². The van der Waals surface area contributed by atoms with E-state index in [1.165, 1.54) is 4.90 Å². The summed E-state index contributed by atoms with van der Waals surface area (Å²) in [5, 5.41) is 12.1. The zero-order valence-electron chi connectivity index (χ0n) is 11.8. The van der Waals surface area contributed by atoms with E-state index in [0.29, 0.717) is 6.42 Å². The maximum atomic E-state index is 12.4. The summed E-state index contributed by atoms with van der Waals surface area (Å²) in [6, 6.07) is 0.215. The lowest BCUT2D eigenvalue weighted by Crippen LogP contribution is -2.74. The number of amides is 4. The molecule has 8 nitrogen and oxygen atoms in total. The number of piperazine rings is 1. The van der Waals surface area contributed by atoms with E-state index in [1.54, 1.807) is 12.3 Å². The van der Waals surface area contributed by atoms with Crippen LogP contribution in [0.2, 0.25) is 0 Å². The highest BCUT2D eigenvalue weighted by atomic mass is 16.2. The Balaban J connectivity index is 2.05. The number of carbonyl (C=O) groups excluding carboxylic acids is 3. The molecule has 0 bridgehead atoms. The van der Waals surface area contributed by atoms with E-state index in [1.807, 2.05) is 13.8 Å². The molecule has 0 aliphatic carbocycles. The third-order valence-electron chi connectivity index (χ3n) is 4.51. The molecule has 2 saturated heterocycles. The Hall–Kier alpha value is -2.38. The van der Waals surface area contributed by atoms with Gasteiger partial charge >= 0.3 is 6.03 Å². The maximum absolute atomic E-state index is 12.4. The van der Waals surface area contributed by atoms with E-state index >= 15 is 0 Å². The molecule has 4 amide bonds. The van der Waals surface area contributed by atoms with E-state index < -0.39 is 23.5 Å². The highest BCUT2D eigenvalue weighted by Crippen LogP contribution is 2.36. The summed E-state index contributed by atoms with van der Waals surface area (Å²) in [5.74, 6) is -0.734. The smallest absolute Gasteiger partial charge is 0.325 e. The van der Waals surface area contributed by atoms with Crippen LogP contribution in [0, 0.1) is 0 Å². The van der Waals surface area contributed by atoms with Crippen LogP contribution in [0.15, 0.2) is 12.3 Å². The average Bonchev–Trinajstić information content (AvgIpc) is 2.96.